The second-order valence-electron chi connectivity index (χ2n) is 9.69. The van der Waals surface area contributed by atoms with E-state index in [9.17, 15) is 37.1 Å². The highest BCUT2D eigenvalue weighted by molar-refractivity contribution is 6.30. The van der Waals surface area contributed by atoms with Crippen LogP contribution in [0.2, 0.25) is 5.02 Å². The van der Waals surface area contributed by atoms with Crippen LogP contribution in [-0.2, 0) is 23.9 Å². The SMILES string of the molecule is O=C(CCCCNC(=O)Nc1ccc(Cl)cc1)NCC(=O)NC(CC(=O)OC(=O)C(F)(F)F)c1ccc(-c2ccccc2)cc1. The molecule has 3 rings (SSSR count). The molecule has 45 heavy (non-hydrogen) atoms. The Morgan fingerprint density at radius 2 is 1.42 bits per heavy atom. The Bertz CT molecular complexity index is 1470. The molecule has 0 aliphatic carbocycles. The molecule has 3 aromatic carbocycles. The van der Waals surface area contributed by atoms with Gasteiger partial charge < -0.3 is 26.0 Å². The summed E-state index contributed by atoms with van der Waals surface area (Å²) in [5.41, 5.74) is 2.62. The molecule has 1 unspecified atom stereocenters. The number of rotatable bonds is 13. The van der Waals surface area contributed by atoms with Crippen molar-refractivity contribution in [3.05, 3.63) is 89.4 Å². The van der Waals surface area contributed by atoms with Gasteiger partial charge in [0.05, 0.1) is 19.0 Å². The molecule has 0 fully saturated rings. The first-order valence-electron chi connectivity index (χ1n) is 13.7. The van der Waals surface area contributed by atoms with E-state index in [4.69, 9.17) is 11.6 Å². The van der Waals surface area contributed by atoms with Crippen LogP contribution in [0.25, 0.3) is 11.1 Å². The lowest BCUT2D eigenvalue weighted by atomic mass is 9.99. The molecule has 10 nitrogen and oxygen atoms in total. The van der Waals surface area contributed by atoms with Crippen molar-refractivity contribution >= 4 is 47.1 Å². The molecule has 0 saturated carbocycles. The Morgan fingerprint density at radius 3 is 2.07 bits per heavy atom. The third kappa shape index (κ3) is 12.3. The van der Waals surface area contributed by atoms with Crippen molar-refractivity contribution in [1.82, 2.24) is 16.0 Å². The van der Waals surface area contributed by atoms with Gasteiger partial charge in [-0.2, -0.15) is 13.2 Å². The second kappa shape index (κ2) is 16.8. The van der Waals surface area contributed by atoms with Gasteiger partial charge in [0.15, 0.2) is 0 Å². The molecular weight excluding hydrogens is 617 g/mol. The minimum Gasteiger partial charge on any atom is -0.386 e. The molecular formula is C31H30ClF3N4O6. The predicted molar refractivity (Wildman–Crippen MR) is 160 cm³/mol. The van der Waals surface area contributed by atoms with E-state index in [-0.39, 0.29) is 6.42 Å². The maximum Gasteiger partial charge on any atom is 0.491 e. The van der Waals surface area contributed by atoms with Crippen LogP contribution in [0.15, 0.2) is 78.9 Å². The fourth-order valence-corrected chi connectivity index (χ4v) is 4.12. The number of hydrogen-bond donors (Lipinski definition) is 4. The number of benzene rings is 3. The minimum absolute atomic E-state index is 0.0595. The number of amides is 4. The minimum atomic E-state index is -5.37. The summed E-state index contributed by atoms with van der Waals surface area (Å²) in [6.45, 7) is -0.180. The molecule has 0 heterocycles. The number of halogens is 4. The highest BCUT2D eigenvalue weighted by atomic mass is 35.5. The maximum absolute atomic E-state index is 12.6. The van der Waals surface area contributed by atoms with Crippen molar-refractivity contribution in [2.45, 2.75) is 37.9 Å². The van der Waals surface area contributed by atoms with Crippen LogP contribution >= 0.6 is 11.6 Å². The van der Waals surface area contributed by atoms with E-state index in [2.05, 4.69) is 26.0 Å². The summed E-state index contributed by atoms with van der Waals surface area (Å²) in [6.07, 6.45) is -5.19. The fourth-order valence-electron chi connectivity index (χ4n) is 3.99. The Kier molecular flexibility index (Phi) is 12.9. The third-order valence-electron chi connectivity index (χ3n) is 6.23. The molecule has 0 aliphatic heterocycles. The zero-order valence-corrected chi connectivity index (χ0v) is 24.5. The lowest BCUT2D eigenvalue weighted by Gasteiger charge is -2.19. The summed E-state index contributed by atoms with van der Waals surface area (Å²) in [4.78, 5) is 60.0. The van der Waals surface area contributed by atoms with Gasteiger partial charge >= 0.3 is 24.1 Å². The van der Waals surface area contributed by atoms with Crippen molar-refractivity contribution in [2.24, 2.45) is 0 Å². The predicted octanol–water partition coefficient (Wildman–Crippen LogP) is 5.29. The first-order valence-corrected chi connectivity index (χ1v) is 14.1. The van der Waals surface area contributed by atoms with Gasteiger partial charge in [-0.25, -0.2) is 9.59 Å². The Labute approximate surface area is 261 Å². The van der Waals surface area contributed by atoms with Gasteiger partial charge in [0, 0.05) is 23.7 Å². The van der Waals surface area contributed by atoms with Crippen LogP contribution in [0.5, 0.6) is 0 Å². The van der Waals surface area contributed by atoms with Gasteiger partial charge in [0.1, 0.15) is 0 Å². The van der Waals surface area contributed by atoms with Crippen LogP contribution in [0, 0.1) is 0 Å². The third-order valence-corrected chi connectivity index (χ3v) is 6.48. The molecule has 0 spiro atoms. The van der Waals surface area contributed by atoms with Gasteiger partial charge in [-0.15, -0.1) is 0 Å². The van der Waals surface area contributed by atoms with E-state index < -0.39 is 55.0 Å². The highest BCUT2D eigenvalue weighted by Gasteiger charge is 2.42. The number of ether oxygens (including phenoxy) is 1. The molecule has 0 aliphatic rings. The van der Waals surface area contributed by atoms with Crippen LogP contribution in [0.4, 0.5) is 23.7 Å². The number of carbonyl (C=O) groups is 5. The largest absolute Gasteiger partial charge is 0.491 e. The summed E-state index contributed by atoms with van der Waals surface area (Å²) in [5.74, 6) is -5.33. The number of carbonyl (C=O) groups excluding carboxylic acids is 5. The molecule has 4 N–H and O–H groups in total. The van der Waals surface area contributed by atoms with E-state index in [0.717, 1.165) is 11.1 Å². The van der Waals surface area contributed by atoms with Crippen molar-refractivity contribution in [2.75, 3.05) is 18.4 Å². The molecule has 0 bridgehead atoms. The normalized spacial score (nSPS) is 11.6. The van der Waals surface area contributed by atoms with Crippen LogP contribution in [0.3, 0.4) is 0 Å². The number of alkyl halides is 3. The maximum atomic E-state index is 12.6. The van der Waals surface area contributed by atoms with Crippen molar-refractivity contribution < 1.29 is 41.9 Å². The quantitative estimate of drug-likeness (QED) is 0.113. The lowest BCUT2D eigenvalue weighted by molar-refractivity contribution is -0.202. The van der Waals surface area contributed by atoms with Gasteiger partial charge in [0.25, 0.3) is 0 Å². The Hall–Kier alpha value is -4.91. The van der Waals surface area contributed by atoms with E-state index in [1.807, 2.05) is 30.3 Å². The molecule has 238 valence electrons. The van der Waals surface area contributed by atoms with Crippen molar-refractivity contribution in [1.29, 1.82) is 0 Å². The number of hydrogen-bond acceptors (Lipinski definition) is 6. The van der Waals surface area contributed by atoms with Crippen LogP contribution in [0.1, 0.15) is 37.3 Å². The van der Waals surface area contributed by atoms with Gasteiger partial charge in [-0.3, -0.25) is 14.4 Å². The summed E-state index contributed by atoms with van der Waals surface area (Å²) in [6, 6.07) is 20.8. The molecule has 0 radical (unpaired) electrons. The van der Waals surface area contributed by atoms with Gasteiger partial charge in [-0.05, 0) is 53.8 Å². The summed E-state index contributed by atoms with van der Waals surface area (Å²) in [5, 5.41) is 10.8. The van der Waals surface area contributed by atoms with E-state index >= 15 is 0 Å². The molecule has 1 atom stereocenters. The topological polar surface area (TPSA) is 143 Å². The van der Waals surface area contributed by atoms with Gasteiger partial charge in [-0.1, -0.05) is 66.2 Å². The van der Waals surface area contributed by atoms with E-state index in [1.54, 1.807) is 48.5 Å². The summed E-state index contributed by atoms with van der Waals surface area (Å²) in [7, 11) is 0. The number of urea groups is 1. The Balaban J connectivity index is 1.47. The number of esters is 2. The summed E-state index contributed by atoms with van der Waals surface area (Å²) < 4.78 is 41.6. The lowest BCUT2D eigenvalue weighted by Crippen LogP contribution is -2.39. The van der Waals surface area contributed by atoms with Gasteiger partial charge in [0.2, 0.25) is 11.8 Å². The molecule has 3 aromatic rings. The summed E-state index contributed by atoms with van der Waals surface area (Å²) >= 11 is 5.81. The average Bonchev–Trinajstić information content (AvgIpc) is 3.00. The van der Waals surface area contributed by atoms with Crippen LogP contribution < -0.4 is 21.3 Å². The number of unbranched alkanes of at least 4 members (excludes halogenated alkanes) is 1. The van der Waals surface area contributed by atoms with Crippen molar-refractivity contribution in [3.8, 4) is 11.1 Å². The standard InChI is InChI=1S/C31H30ClF3N4O6/c32-23-13-15-24(16-14-23)38-30(44)36-17-5-4-8-26(40)37-19-27(41)39-25(18-28(42)45-29(43)31(33,34)35)22-11-9-21(10-12-22)20-6-2-1-3-7-20/h1-3,6-7,9-16,25H,4-5,8,17-19H2,(H,37,40)(H,39,41)(H2,36,38,44). The highest BCUT2D eigenvalue weighted by Crippen LogP contribution is 2.24. The van der Waals surface area contributed by atoms with Crippen molar-refractivity contribution in [3.63, 3.8) is 0 Å². The first-order chi connectivity index (χ1) is 21.4. The molecule has 14 heteroatoms. The average molecular weight is 647 g/mol. The van der Waals surface area contributed by atoms with Crippen LogP contribution in [-0.4, -0.2) is 49.0 Å². The van der Waals surface area contributed by atoms with E-state index in [0.29, 0.717) is 35.7 Å². The molecule has 4 amide bonds. The fraction of sp³-hybridized carbons (Fsp3) is 0.258. The zero-order chi connectivity index (χ0) is 32.8. The number of anilines is 1. The molecule has 0 saturated heterocycles. The zero-order valence-electron chi connectivity index (χ0n) is 23.8. The number of nitrogens with one attached hydrogen (secondary N) is 4. The van der Waals surface area contributed by atoms with E-state index in [1.165, 1.54) is 0 Å². The molecule has 0 aromatic heterocycles. The smallest absolute Gasteiger partial charge is 0.386 e. The monoisotopic (exact) mass is 646 g/mol. The second-order valence-corrected chi connectivity index (χ2v) is 10.1. The first kappa shape index (κ1) is 34.6. The Morgan fingerprint density at radius 1 is 0.778 bits per heavy atom.